The summed E-state index contributed by atoms with van der Waals surface area (Å²) < 4.78 is 0.295. The van der Waals surface area contributed by atoms with Gasteiger partial charge in [0.05, 0.1) is 5.54 Å². The molecule has 0 aromatic heterocycles. The molecule has 0 saturated carbocycles. The van der Waals surface area contributed by atoms with Crippen LogP contribution >= 0.6 is 11.8 Å². The van der Waals surface area contributed by atoms with E-state index in [9.17, 15) is 0 Å². The molecule has 5 aliphatic rings. The first-order chi connectivity index (χ1) is 16.5. The third-order valence-electron chi connectivity index (χ3n) is 8.70. The lowest BCUT2D eigenvalue weighted by Crippen LogP contribution is -2.34. The molecule has 2 aromatic carbocycles. The second-order valence-corrected chi connectivity index (χ2v) is 12.6. The molecule has 0 radical (unpaired) electrons. The van der Waals surface area contributed by atoms with E-state index < -0.39 is 0 Å². The molecule has 0 spiro atoms. The minimum atomic E-state index is -0.0961. The monoisotopic (exact) mass is 461 g/mol. The van der Waals surface area contributed by atoms with Crippen molar-refractivity contribution in [3.05, 3.63) is 114 Å². The first-order valence-electron chi connectivity index (χ1n) is 12.7. The molecule has 2 aliphatic heterocycles. The van der Waals surface area contributed by atoms with Crippen molar-refractivity contribution in [3.8, 4) is 0 Å². The van der Waals surface area contributed by atoms with Gasteiger partial charge in [-0.1, -0.05) is 85.0 Å². The molecule has 1 N–H and O–H groups in total. The molecule has 6 unspecified atom stereocenters. The lowest BCUT2D eigenvalue weighted by molar-refractivity contribution is 0.347. The Kier molecular flexibility index (Phi) is 4.49. The van der Waals surface area contributed by atoms with Crippen LogP contribution in [0, 0.1) is 11.8 Å². The number of nitrogens with one attached hydrogen (secondary N) is 1. The highest BCUT2D eigenvalue weighted by Crippen LogP contribution is 2.58. The van der Waals surface area contributed by atoms with Gasteiger partial charge >= 0.3 is 0 Å². The van der Waals surface area contributed by atoms with E-state index in [1.165, 1.54) is 46.4 Å². The number of allylic oxidation sites excluding steroid dienone is 6. The van der Waals surface area contributed by atoms with E-state index in [0.717, 1.165) is 5.92 Å². The average molecular weight is 462 g/mol. The van der Waals surface area contributed by atoms with Crippen molar-refractivity contribution in [3.63, 3.8) is 0 Å². The summed E-state index contributed by atoms with van der Waals surface area (Å²) in [5.41, 5.74) is 7.93. The van der Waals surface area contributed by atoms with Crippen LogP contribution in [0.5, 0.6) is 0 Å². The Labute approximate surface area is 207 Å². The van der Waals surface area contributed by atoms with Crippen molar-refractivity contribution in [1.29, 1.82) is 0 Å². The Balaban J connectivity index is 1.21. The minimum absolute atomic E-state index is 0.0961. The number of anilines is 1. The Morgan fingerprint density at radius 3 is 2.68 bits per heavy atom. The van der Waals surface area contributed by atoms with Gasteiger partial charge < -0.3 is 5.32 Å². The van der Waals surface area contributed by atoms with Crippen molar-refractivity contribution < 1.29 is 0 Å². The number of thioether (sulfide) groups is 1. The number of hydrogen-bond donors (Lipinski definition) is 1. The summed E-state index contributed by atoms with van der Waals surface area (Å²) in [5, 5.41) is 4.46. The summed E-state index contributed by atoms with van der Waals surface area (Å²) in [5.74, 6) is 1.74. The Morgan fingerprint density at radius 2 is 1.79 bits per heavy atom. The fraction of sp³-hybridized carbons (Fsp3) is 0.312. The molecule has 7 rings (SSSR count). The maximum atomic E-state index is 3.85. The zero-order valence-electron chi connectivity index (χ0n) is 19.9. The predicted molar refractivity (Wildman–Crippen MR) is 147 cm³/mol. The molecular formula is C32H31NS. The molecule has 2 heterocycles. The van der Waals surface area contributed by atoms with Gasteiger partial charge in [0, 0.05) is 21.6 Å². The van der Waals surface area contributed by atoms with Crippen LogP contribution in [0.4, 0.5) is 5.69 Å². The predicted octanol–water partition coefficient (Wildman–Crippen LogP) is 8.02. The summed E-state index contributed by atoms with van der Waals surface area (Å²) in [6, 6.07) is 17.8. The summed E-state index contributed by atoms with van der Waals surface area (Å²) >= 11 is 2.17. The zero-order valence-corrected chi connectivity index (χ0v) is 20.7. The Bertz CT molecular complexity index is 1310. The summed E-state index contributed by atoms with van der Waals surface area (Å²) in [4.78, 5) is 0. The molecule has 6 atom stereocenters. The second-order valence-electron chi connectivity index (χ2n) is 10.9. The van der Waals surface area contributed by atoms with Gasteiger partial charge in [0.15, 0.2) is 0 Å². The molecule has 0 amide bonds. The molecular weight excluding hydrogens is 430 g/mol. The molecule has 1 fully saturated rings. The van der Waals surface area contributed by atoms with E-state index in [1.807, 2.05) is 0 Å². The van der Waals surface area contributed by atoms with Crippen LogP contribution < -0.4 is 5.32 Å². The van der Waals surface area contributed by atoms with Crippen molar-refractivity contribution in [2.75, 3.05) is 5.32 Å². The van der Waals surface area contributed by atoms with Gasteiger partial charge in [-0.3, -0.25) is 0 Å². The lowest BCUT2D eigenvalue weighted by Gasteiger charge is -2.33. The first-order valence-corrected chi connectivity index (χ1v) is 13.5. The number of rotatable bonds is 2. The highest BCUT2D eigenvalue weighted by atomic mass is 32.2. The third-order valence-corrected chi connectivity index (χ3v) is 10.4. The van der Waals surface area contributed by atoms with Gasteiger partial charge in [-0.05, 0) is 78.5 Å². The fourth-order valence-corrected chi connectivity index (χ4v) is 8.75. The maximum absolute atomic E-state index is 3.85. The maximum Gasteiger partial charge on any atom is 0.0640 e. The van der Waals surface area contributed by atoms with Gasteiger partial charge in [0.2, 0.25) is 0 Å². The van der Waals surface area contributed by atoms with Crippen molar-refractivity contribution in [2.24, 2.45) is 11.8 Å². The van der Waals surface area contributed by atoms with Crippen LogP contribution in [0.1, 0.15) is 49.3 Å². The molecule has 34 heavy (non-hydrogen) atoms. The summed E-state index contributed by atoms with van der Waals surface area (Å²) in [7, 11) is 0. The zero-order chi connectivity index (χ0) is 22.9. The molecule has 2 aromatic rings. The third kappa shape index (κ3) is 3.08. The average Bonchev–Trinajstić information content (AvgIpc) is 3.33. The van der Waals surface area contributed by atoms with Crippen LogP contribution in [-0.2, 0) is 0 Å². The summed E-state index contributed by atoms with van der Waals surface area (Å²) in [6.45, 7) is 4.79. The quantitative estimate of drug-likeness (QED) is 0.455. The van der Waals surface area contributed by atoms with E-state index in [0.29, 0.717) is 21.8 Å². The van der Waals surface area contributed by atoms with Gasteiger partial charge in [-0.2, -0.15) is 0 Å². The minimum Gasteiger partial charge on any atom is -0.375 e. The fourth-order valence-electron chi connectivity index (χ4n) is 6.95. The van der Waals surface area contributed by atoms with Crippen LogP contribution in [0.2, 0.25) is 0 Å². The smallest absolute Gasteiger partial charge is 0.0640 e. The molecule has 1 nitrogen and oxygen atoms in total. The van der Waals surface area contributed by atoms with E-state index >= 15 is 0 Å². The second kappa shape index (κ2) is 7.39. The standard InChI is InChI=1S/C32H31NS/c1-31-20-24(21-8-4-3-5-9-21)11-14-27(31)25-18-22(12-15-29(25)33-31)23-13-16-30-26(19-23)28-10-6-7-17-32(28,2)34-30/h3-5,7-9,11-20,26-28,30,33H,6,10H2,1-2H3. The number of benzene rings is 2. The highest BCUT2D eigenvalue weighted by Gasteiger charge is 2.49. The van der Waals surface area contributed by atoms with Gasteiger partial charge in [0.1, 0.15) is 0 Å². The highest BCUT2D eigenvalue weighted by molar-refractivity contribution is 8.01. The van der Waals surface area contributed by atoms with E-state index in [2.05, 4.69) is 128 Å². The van der Waals surface area contributed by atoms with Crippen LogP contribution in [-0.4, -0.2) is 15.5 Å². The van der Waals surface area contributed by atoms with Crippen LogP contribution in [0.25, 0.3) is 11.1 Å². The number of fused-ring (bicyclic) bond motifs is 6. The number of hydrogen-bond acceptors (Lipinski definition) is 2. The molecule has 170 valence electrons. The van der Waals surface area contributed by atoms with E-state index in [-0.39, 0.29) is 5.54 Å². The van der Waals surface area contributed by atoms with Crippen molar-refractivity contribution in [1.82, 2.24) is 0 Å². The van der Waals surface area contributed by atoms with Crippen LogP contribution in [0.3, 0.4) is 0 Å². The van der Waals surface area contributed by atoms with Gasteiger partial charge in [-0.15, -0.1) is 11.8 Å². The molecule has 3 aliphatic carbocycles. The Morgan fingerprint density at radius 1 is 0.941 bits per heavy atom. The van der Waals surface area contributed by atoms with E-state index in [1.54, 1.807) is 0 Å². The van der Waals surface area contributed by atoms with Crippen molar-refractivity contribution in [2.45, 2.75) is 48.1 Å². The van der Waals surface area contributed by atoms with Gasteiger partial charge in [-0.25, -0.2) is 0 Å². The normalized spacial score (nSPS) is 36.6. The molecule has 1 saturated heterocycles. The van der Waals surface area contributed by atoms with Gasteiger partial charge in [0.25, 0.3) is 0 Å². The summed E-state index contributed by atoms with van der Waals surface area (Å²) in [6.07, 6.45) is 22.0. The van der Waals surface area contributed by atoms with Crippen molar-refractivity contribution >= 4 is 28.6 Å². The first kappa shape index (κ1) is 20.6. The van der Waals surface area contributed by atoms with Crippen LogP contribution in [0.15, 0.2) is 97.1 Å². The molecule has 2 heteroatoms. The lowest BCUT2D eigenvalue weighted by atomic mass is 9.73. The largest absolute Gasteiger partial charge is 0.375 e. The SMILES string of the molecule is CC12C=C(c3ccccc3)C=CC1c1cc(C3=CC4C(C=C3)SC3(C)C=CCCC43)ccc1N2. The van der Waals surface area contributed by atoms with E-state index in [4.69, 9.17) is 0 Å². The topological polar surface area (TPSA) is 12.0 Å². The molecule has 0 bridgehead atoms. The Hall–Kier alpha value is -2.71.